The summed E-state index contributed by atoms with van der Waals surface area (Å²) in [7, 11) is 0. The van der Waals surface area contributed by atoms with Crippen molar-refractivity contribution in [2.45, 2.75) is 19.5 Å². The van der Waals surface area contributed by atoms with Crippen LogP contribution in [0.15, 0.2) is 54.7 Å². The molecule has 6 nitrogen and oxygen atoms in total. The minimum atomic E-state index is -0.217. The molecule has 25 heavy (non-hydrogen) atoms. The van der Waals surface area contributed by atoms with Gasteiger partial charge in [0.25, 0.3) is 5.91 Å². The number of amides is 1. The van der Waals surface area contributed by atoms with Gasteiger partial charge >= 0.3 is 0 Å². The minimum absolute atomic E-state index is 0.217. The van der Waals surface area contributed by atoms with E-state index in [1.807, 2.05) is 35.0 Å². The van der Waals surface area contributed by atoms with Gasteiger partial charge in [-0.3, -0.25) is 9.48 Å². The maximum Gasteiger partial charge on any atom is 0.277 e. The third-order valence-corrected chi connectivity index (χ3v) is 4.30. The third kappa shape index (κ3) is 3.29. The first-order chi connectivity index (χ1) is 12.3. The molecule has 0 unspecified atom stereocenters. The van der Waals surface area contributed by atoms with Crippen LogP contribution in [0.1, 0.15) is 27.3 Å². The Bertz CT molecular complexity index is 874. The van der Waals surface area contributed by atoms with Crippen molar-refractivity contribution in [1.82, 2.24) is 20.1 Å². The first-order valence-corrected chi connectivity index (χ1v) is 8.37. The third-order valence-electron chi connectivity index (χ3n) is 4.30. The van der Waals surface area contributed by atoms with Gasteiger partial charge in [0.15, 0.2) is 5.69 Å². The fourth-order valence-electron chi connectivity index (χ4n) is 3.10. The minimum Gasteiger partial charge on any atom is -0.312 e. The second kappa shape index (κ2) is 6.86. The highest BCUT2D eigenvalue weighted by Crippen LogP contribution is 2.20. The molecule has 0 atom stereocenters. The van der Waals surface area contributed by atoms with Crippen molar-refractivity contribution in [2.75, 3.05) is 11.9 Å². The summed E-state index contributed by atoms with van der Waals surface area (Å²) in [6, 6.07) is 15.6. The second-order valence-electron chi connectivity index (χ2n) is 6.01. The molecular formula is C19H19N5O. The van der Waals surface area contributed by atoms with Crippen LogP contribution in [0.2, 0.25) is 0 Å². The zero-order chi connectivity index (χ0) is 17.1. The Morgan fingerprint density at radius 3 is 2.80 bits per heavy atom. The lowest BCUT2D eigenvalue weighted by Crippen LogP contribution is -2.26. The van der Waals surface area contributed by atoms with E-state index in [0.29, 0.717) is 24.6 Å². The van der Waals surface area contributed by atoms with E-state index in [2.05, 4.69) is 32.8 Å². The highest BCUT2D eigenvalue weighted by atomic mass is 16.2. The smallest absolute Gasteiger partial charge is 0.277 e. The van der Waals surface area contributed by atoms with Crippen LogP contribution < -0.4 is 10.6 Å². The summed E-state index contributed by atoms with van der Waals surface area (Å²) >= 11 is 0. The number of aromatic nitrogens is 3. The number of rotatable bonds is 4. The highest BCUT2D eigenvalue weighted by molar-refractivity contribution is 6.03. The number of anilines is 1. The molecule has 6 heteroatoms. The zero-order valence-electron chi connectivity index (χ0n) is 13.8. The van der Waals surface area contributed by atoms with Crippen LogP contribution in [-0.2, 0) is 19.5 Å². The Balaban J connectivity index is 1.65. The van der Waals surface area contributed by atoms with E-state index in [1.54, 1.807) is 12.3 Å². The molecule has 0 aliphatic carbocycles. The molecule has 126 valence electrons. The Kier molecular flexibility index (Phi) is 4.26. The summed E-state index contributed by atoms with van der Waals surface area (Å²) in [5, 5.41) is 10.8. The van der Waals surface area contributed by atoms with Gasteiger partial charge in [0.1, 0.15) is 5.82 Å². The Hall–Kier alpha value is -2.99. The van der Waals surface area contributed by atoms with Crippen LogP contribution in [0.25, 0.3) is 0 Å². The SMILES string of the molecule is O=C(Nc1ccccn1)c1nn(Cc2ccccc2)c2c1CNCC2. The maximum absolute atomic E-state index is 12.7. The Morgan fingerprint density at radius 2 is 2.00 bits per heavy atom. The number of pyridine rings is 1. The van der Waals surface area contributed by atoms with Gasteiger partial charge in [0.2, 0.25) is 0 Å². The van der Waals surface area contributed by atoms with Crippen molar-refractivity contribution in [3.8, 4) is 0 Å². The number of carbonyl (C=O) groups is 1. The lowest BCUT2D eigenvalue weighted by atomic mass is 10.1. The second-order valence-corrected chi connectivity index (χ2v) is 6.01. The molecule has 1 aliphatic rings. The van der Waals surface area contributed by atoms with Crippen LogP contribution in [0.4, 0.5) is 5.82 Å². The molecule has 0 radical (unpaired) electrons. The monoisotopic (exact) mass is 333 g/mol. The number of carbonyl (C=O) groups excluding carboxylic acids is 1. The summed E-state index contributed by atoms with van der Waals surface area (Å²) < 4.78 is 1.96. The maximum atomic E-state index is 12.7. The standard InChI is InChI=1S/C19H19N5O/c25-19(22-17-8-4-5-10-21-17)18-15-12-20-11-9-16(15)24(23-18)13-14-6-2-1-3-7-14/h1-8,10,20H,9,11-13H2,(H,21,22,25). The predicted octanol–water partition coefficient (Wildman–Crippen LogP) is 2.22. The van der Waals surface area contributed by atoms with Crippen molar-refractivity contribution in [1.29, 1.82) is 0 Å². The molecule has 0 spiro atoms. The van der Waals surface area contributed by atoms with Gasteiger partial charge in [0, 0.05) is 37.0 Å². The van der Waals surface area contributed by atoms with Crippen LogP contribution in [-0.4, -0.2) is 27.2 Å². The van der Waals surface area contributed by atoms with Crippen molar-refractivity contribution < 1.29 is 4.79 Å². The molecule has 0 saturated heterocycles. The van der Waals surface area contributed by atoms with E-state index in [-0.39, 0.29) is 5.91 Å². The van der Waals surface area contributed by atoms with E-state index in [9.17, 15) is 4.79 Å². The quantitative estimate of drug-likeness (QED) is 0.768. The highest BCUT2D eigenvalue weighted by Gasteiger charge is 2.25. The molecule has 1 aliphatic heterocycles. The summed E-state index contributed by atoms with van der Waals surface area (Å²) in [6.07, 6.45) is 2.52. The largest absolute Gasteiger partial charge is 0.312 e. The first kappa shape index (κ1) is 15.5. The lowest BCUT2D eigenvalue weighted by Gasteiger charge is -2.15. The van der Waals surface area contributed by atoms with E-state index in [4.69, 9.17) is 0 Å². The summed E-state index contributed by atoms with van der Waals surface area (Å²) in [4.78, 5) is 16.8. The average molecular weight is 333 g/mol. The predicted molar refractivity (Wildman–Crippen MR) is 95.4 cm³/mol. The molecular weight excluding hydrogens is 314 g/mol. The average Bonchev–Trinajstić information content (AvgIpc) is 3.02. The number of fused-ring (bicyclic) bond motifs is 1. The molecule has 0 saturated carbocycles. The number of nitrogens with zero attached hydrogens (tertiary/aromatic N) is 3. The Labute approximate surface area is 145 Å². The molecule has 2 aromatic heterocycles. The van der Waals surface area contributed by atoms with Crippen molar-refractivity contribution in [3.05, 3.63) is 77.2 Å². The molecule has 4 rings (SSSR count). The van der Waals surface area contributed by atoms with Gasteiger partial charge in [-0.25, -0.2) is 4.98 Å². The van der Waals surface area contributed by atoms with Gasteiger partial charge < -0.3 is 10.6 Å². The van der Waals surface area contributed by atoms with Crippen molar-refractivity contribution in [2.24, 2.45) is 0 Å². The summed E-state index contributed by atoms with van der Waals surface area (Å²) in [6.45, 7) is 2.23. The van der Waals surface area contributed by atoms with Gasteiger partial charge in [0.05, 0.1) is 6.54 Å². The fourth-order valence-corrected chi connectivity index (χ4v) is 3.10. The molecule has 1 amide bonds. The zero-order valence-corrected chi connectivity index (χ0v) is 13.8. The molecule has 2 N–H and O–H groups in total. The molecule has 3 aromatic rings. The van der Waals surface area contributed by atoms with Crippen molar-refractivity contribution >= 4 is 11.7 Å². The van der Waals surface area contributed by atoms with Crippen LogP contribution >= 0.6 is 0 Å². The summed E-state index contributed by atoms with van der Waals surface area (Å²) in [5.74, 6) is 0.313. The molecule has 1 aromatic carbocycles. The lowest BCUT2D eigenvalue weighted by molar-refractivity contribution is 0.102. The van der Waals surface area contributed by atoms with Crippen LogP contribution in [0, 0.1) is 0 Å². The number of hydrogen-bond acceptors (Lipinski definition) is 4. The molecule has 0 fully saturated rings. The Morgan fingerprint density at radius 1 is 1.16 bits per heavy atom. The fraction of sp³-hybridized carbons (Fsp3) is 0.211. The number of hydrogen-bond donors (Lipinski definition) is 2. The number of nitrogens with one attached hydrogen (secondary N) is 2. The van der Waals surface area contributed by atoms with Gasteiger partial charge in [-0.05, 0) is 17.7 Å². The van der Waals surface area contributed by atoms with Gasteiger partial charge in [-0.15, -0.1) is 0 Å². The van der Waals surface area contributed by atoms with Gasteiger partial charge in [-0.2, -0.15) is 5.10 Å². The van der Waals surface area contributed by atoms with Crippen LogP contribution in [0.5, 0.6) is 0 Å². The molecule has 0 bridgehead atoms. The van der Waals surface area contributed by atoms with Crippen molar-refractivity contribution in [3.63, 3.8) is 0 Å². The summed E-state index contributed by atoms with van der Waals surface area (Å²) in [5.41, 5.74) is 3.76. The van der Waals surface area contributed by atoms with Gasteiger partial charge in [-0.1, -0.05) is 36.4 Å². The molecule has 3 heterocycles. The first-order valence-electron chi connectivity index (χ1n) is 8.37. The topological polar surface area (TPSA) is 71.8 Å². The van der Waals surface area contributed by atoms with E-state index in [0.717, 1.165) is 24.2 Å². The van der Waals surface area contributed by atoms with E-state index < -0.39 is 0 Å². The van der Waals surface area contributed by atoms with E-state index in [1.165, 1.54) is 5.56 Å². The van der Waals surface area contributed by atoms with Crippen LogP contribution in [0.3, 0.4) is 0 Å². The van der Waals surface area contributed by atoms with E-state index >= 15 is 0 Å². The number of benzene rings is 1. The normalized spacial score (nSPS) is 13.3.